The third-order valence-electron chi connectivity index (χ3n) is 3.89. The van der Waals surface area contributed by atoms with Crippen molar-refractivity contribution in [1.29, 1.82) is 0 Å². The molecule has 0 radical (unpaired) electrons. The highest BCUT2D eigenvalue weighted by atomic mass is 15.6. The highest BCUT2D eigenvalue weighted by molar-refractivity contribution is 5.62. The highest BCUT2D eigenvalue weighted by Gasteiger charge is 2.26. The summed E-state index contributed by atoms with van der Waals surface area (Å²) in [6.07, 6.45) is 8.73. The third kappa shape index (κ3) is 2.35. The average Bonchev–Trinajstić information content (AvgIpc) is 2.95. The summed E-state index contributed by atoms with van der Waals surface area (Å²) in [6, 6.07) is 11.4. The molecule has 0 spiro atoms. The van der Waals surface area contributed by atoms with Crippen LogP contribution in [0, 0.1) is 0 Å². The fourth-order valence-electron chi connectivity index (χ4n) is 3.01. The molecule has 3 nitrogen and oxygen atoms in total. The van der Waals surface area contributed by atoms with Crippen molar-refractivity contribution in [3.05, 3.63) is 30.3 Å². The molecule has 0 saturated heterocycles. The van der Waals surface area contributed by atoms with E-state index in [4.69, 9.17) is 0 Å². The first kappa shape index (κ1) is 11.6. The Balaban J connectivity index is 1.85. The number of hydrogen-bond donors (Lipinski definition) is 0. The van der Waals surface area contributed by atoms with Gasteiger partial charge in [0.05, 0.1) is 24.8 Å². The summed E-state index contributed by atoms with van der Waals surface area (Å²) in [4.78, 5) is 4.37. The van der Waals surface area contributed by atoms with Gasteiger partial charge in [-0.15, -0.1) is 0 Å². The van der Waals surface area contributed by atoms with E-state index in [9.17, 15) is 0 Å². The summed E-state index contributed by atoms with van der Waals surface area (Å²) in [5, 5.41) is 4.76. The molecule has 3 heteroatoms. The fourth-order valence-corrected chi connectivity index (χ4v) is 3.01. The van der Waals surface area contributed by atoms with Crippen molar-refractivity contribution in [2.24, 2.45) is 4.99 Å². The predicted octanol–water partition coefficient (Wildman–Crippen LogP) is 3.08. The van der Waals surface area contributed by atoms with Crippen LogP contribution in [0.4, 0.5) is 5.69 Å². The molecule has 1 fully saturated rings. The first-order valence-electron chi connectivity index (χ1n) is 7.06. The van der Waals surface area contributed by atoms with E-state index in [1.165, 1.54) is 37.8 Å². The van der Waals surface area contributed by atoms with Gasteiger partial charge in [-0.1, -0.05) is 37.5 Å². The minimum Gasteiger partial charge on any atom is -0.281 e. The number of benzene rings is 1. The van der Waals surface area contributed by atoms with Crippen LogP contribution in [0.5, 0.6) is 0 Å². The standard InChI is InChI=1S/C15H21N3/c1-3-7-14(8-4-1)18(17-12-11-16-13-17)15-9-5-2-6-10-15/h1,3-4,7-8,13,15H,2,5-6,9-12H2. The summed E-state index contributed by atoms with van der Waals surface area (Å²) in [7, 11) is 0. The van der Waals surface area contributed by atoms with E-state index < -0.39 is 0 Å². The van der Waals surface area contributed by atoms with Gasteiger partial charge in [0.2, 0.25) is 0 Å². The molecular formula is C15H21N3. The van der Waals surface area contributed by atoms with Gasteiger partial charge in [0.25, 0.3) is 0 Å². The molecule has 18 heavy (non-hydrogen) atoms. The molecule has 96 valence electrons. The van der Waals surface area contributed by atoms with Gasteiger partial charge in [-0.05, 0) is 25.0 Å². The number of hydrogen-bond acceptors (Lipinski definition) is 3. The molecule has 0 bridgehead atoms. The predicted molar refractivity (Wildman–Crippen MR) is 75.9 cm³/mol. The minimum atomic E-state index is 0.644. The smallest absolute Gasteiger partial charge is 0.104 e. The largest absolute Gasteiger partial charge is 0.281 e. The summed E-state index contributed by atoms with van der Waals surface area (Å²) in [5.41, 5.74) is 1.30. The van der Waals surface area contributed by atoms with Crippen LogP contribution in [0.1, 0.15) is 32.1 Å². The molecule has 2 aliphatic rings. The summed E-state index contributed by atoms with van der Waals surface area (Å²) < 4.78 is 0. The van der Waals surface area contributed by atoms with Gasteiger partial charge in [0.1, 0.15) is 6.34 Å². The Morgan fingerprint density at radius 3 is 2.50 bits per heavy atom. The molecule has 1 aliphatic carbocycles. The van der Waals surface area contributed by atoms with Crippen LogP contribution in [-0.2, 0) is 0 Å². The van der Waals surface area contributed by atoms with E-state index in [0.717, 1.165) is 13.1 Å². The molecule has 1 heterocycles. The Bertz CT molecular complexity index is 395. The van der Waals surface area contributed by atoms with Gasteiger partial charge in [-0.3, -0.25) is 15.0 Å². The molecule has 0 N–H and O–H groups in total. The Morgan fingerprint density at radius 2 is 1.83 bits per heavy atom. The van der Waals surface area contributed by atoms with E-state index in [1.54, 1.807) is 0 Å². The van der Waals surface area contributed by atoms with Crippen molar-refractivity contribution in [2.45, 2.75) is 38.1 Å². The zero-order valence-electron chi connectivity index (χ0n) is 10.8. The number of nitrogens with zero attached hydrogens (tertiary/aromatic N) is 3. The lowest BCUT2D eigenvalue weighted by atomic mass is 9.94. The number of anilines is 1. The number of hydrazine groups is 1. The van der Waals surface area contributed by atoms with Gasteiger partial charge in [-0.25, -0.2) is 0 Å². The SMILES string of the molecule is C1=NCCN1N(c1ccccc1)C1CCCCC1. The molecule has 0 aromatic heterocycles. The average molecular weight is 243 g/mol. The monoisotopic (exact) mass is 243 g/mol. The van der Waals surface area contributed by atoms with E-state index >= 15 is 0 Å². The maximum Gasteiger partial charge on any atom is 0.104 e. The second-order valence-electron chi connectivity index (χ2n) is 5.16. The summed E-state index contributed by atoms with van der Waals surface area (Å²) in [6.45, 7) is 1.95. The quantitative estimate of drug-likeness (QED) is 0.812. The third-order valence-corrected chi connectivity index (χ3v) is 3.89. The molecule has 1 aromatic carbocycles. The maximum atomic E-state index is 4.37. The van der Waals surface area contributed by atoms with Gasteiger partial charge in [0, 0.05) is 0 Å². The van der Waals surface area contributed by atoms with Gasteiger partial charge in [-0.2, -0.15) is 0 Å². The number of para-hydroxylation sites is 1. The number of aliphatic imine (C=N–C) groups is 1. The lowest BCUT2D eigenvalue weighted by Crippen LogP contribution is -2.48. The zero-order valence-corrected chi connectivity index (χ0v) is 10.8. The van der Waals surface area contributed by atoms with Crippen LogP contribution >= 0.6 is 0 Å². The number of rotatable bonds is 3. The van der Waals surface area contributed by atoms with Gasteiger partial charge in [0.15, 0.2) is 0 Å². The van der Waals surface area contributed by atoms with Crippen LogP contribution in [-0.4, -0.2) is 30.5 Å². The van der Waals surface area contributed by atoms with E-state index in [1.807, 2.05) is 6.34 Å². The molecule has 1 saturated carbocycles. The van der Waals surface area contributed by atoms with Crippen molar-refractivity contribution in [3.63, 3.8) is 0 Å². The normalized spacial score (nSPS) is 20.3. The zero-order chi connectivity index (χ0) is 12.2. The topological polar surface area (TPSA) is 18.8 Å². The molecule has 0 amide bonds. The lowest BCUT2D eigenvalue weighted by molar-refractivity contribution is 0.310. The molecule has 3 rings (SSSR count). The second-order valence-corrected chi connectivity index (χ2v) is 5.16. The Kier molecular flexibility index (Phi) is 3.49. The Hall–Kier alpha value is -1.51. The first-order valence-corrected chi connectivity index (χ1v) is 7.06. The molecule has 1 aromatic rings. The molecular weight excluding hydrogens is 222 g/mol. The van der Waals surface area contributed by atoms with E-state index in [2.05, 4.69) is 45.3 Å². The maximum absolute atomic E-state index is 4.37. The van der Waals surface area contributed by atoms with E-state index in [0.29, 0.717) is 6.04 Å². The van der Waals surface area contributed by atoms with Crippen molar-refractivity contribution in [3.8, 4) is 0 Å². The van der Waals surface area contributed by atoms with Crippen LogP contribution in [0.15, 0.2) is 35.3 Å². The van der Waals surface area contributed by atoms with Crippen LogP contribution in [0.25, 0.3) is 0 Å². The summed E-state index contributed by atoms with van der Waals surface area (Å²) >= 11 is 0. The van der Waals surface area contributed by atoms with Gasteiger partial charge >= 0.3 is 0 Å². The van der Waals surface area contributed by atoms with Crippen molar-refractivity contribution in [2.75, 3.05) is 18.1 Å². The fraction of sp³-hybridized carbons (Fsp3) is 0.533. The summed E-state index contributed by atoms with van der Waals surface area (Å²) in [5.74, 6) is 0. The van der Waals surface area contributed by atoms with E-state index in [-0.39, 0.29) is 0 Å². The van der Waals surface area contributed by atoms with Crippen molar-refractivity contribution < 1.29 is 0 Å². The highest BCUT2D eigenvalue weighted by Crippen LogP contribution is 2.28. The molecule has 0 unspecified atom stereocenters. The molecule has 1 aliphatic heterocycles. The van der Waals surface area contributed by atoms with Crippen molar-refractivity contribution in [1.82, 2.24) is 5.01 Å². The van der Waals surface area contributed by atoms with Crippen LogP contribution in [0.2, 0.25) is 0 Å². The Morgan fingerprint density at radius 1 is 1.06 bits per heavy atom. The van der Waals surface area contributed by atoms with Crippen LogP contribution in [0.3, 0.4) is 0 Å². The van der Waals surface area contributed by atoms with Crippen molar-refractivity contribution >= 4 is 12.0 Å². The first-order chi connectivity index (χ1) is 8.95. The Labute approximate surface area is 109 Å². The lowest BCUT2D eigenvalue weighted by Gasteiger charge is -2.41. The van der Waals surface area contributed by atoms with Gasteiger partial charge < -0.3 is 0 Å². The molecule has 0 atom stereocenters. The van der Waals surface area contributed by atoms with Crippen LogP contribution < -0.4 is 5.01 Å². The second kappa shape index (κ2) is 5.42. The minimum absolute atomic E-state index is 0.644.